The molecule has 0 aliphatic carbocycles. The first-order valence-electron chi connectivity index (χ1n) is 11.1. The van der Waals surface area contributed by atoms with Crippen LogP contribution in [0.1, 0.15) is 53.2 Å². The average Bonchev–Trinajstić information content (AvgIpc) is 3.30. The van der Waals surface area contributed by atoms with Gasteiger partial charge in [0.2, 0.25) is 0 Å². The van der Waals surface area contributed by atoms with Gasteiger partial charge in [0, 0.05) is 22.5 Å². The number of piperidine rings is 1. The van der Waals surface area contributed by atoms with Crippen LogP contribution >= 0.6 is 11.3 Å². The van der Waals surface area contributed by atoms with E-state index in [9.17, 15) is 18.0 Å². The highest BCUT2D eigenvalue weighted by Gasteiger charge is 2.30. The lowest BCUT2D eigenvalue weighted by atomic mass is 9.97. The van der Waals surface area contributed by atoms with Gasteiger partial charge in [0.25, 0.3) is 5.91 Å². The topological polar surface area (TPSA) is 45.2 Å². The first-order valence-corrected chi connectivity index (χ1v) is 12.0. The molecule has 1 saturated heterocycles. The number of nitrogens with one attached hydrogen (secondary N) is 1. The Morgan fingerprint density at radius 1 is 1.15 bits per heavy atom. The van der Waals surface area contributed by atoms with E-state index in [1.54, 1.807) is 35.7 Å². The molecular weight excluding hydrogens is 447 g/mol. The van der Waals surface area contributed by atoms with Gasteiger partial charge < -0.3 is 10.2 Å². The SMILES string of the molecule is CCCN1CCC(c2nc(C(=O)Nc3ccccc3-c3cccc(C(F)(F)F)c3)cs2)CC1. The highest BCUT2D eigenvalue weighted by Crippen LogP contribution is 2.35. The van der Waals surface area contributed by atoms with Crippen molar-refractivity contribution in [3.8, 4) is 11.1 Å². The van der Waals surface area contributed by atoms with Crippen molar-refractivity contribution in [2.45, 2.75) is 38.3 Å². The molecule has 174 valence electrons. The van der Waals surface area contributed by atoms with Gasteiger partial charge in [-0.25, -0.2) is 4.98 Å². The average molecular weight is 474 g/mol. The van der Waals surface area contributed by atoms with E-state index >= 15 is 0 Å². The predicted molar refractivity (Wildman–Crippen MR) is 126 cm³/mol. The van der Waals surface area contributed by atoms with Crippen molar-refractivity contribution < 1.29 is 18.0 Å². The lowest BCUT2D eigenvalue weighted by molar-refractivity contribution is -0.137. The quantitative estimate of drug-likeness (QED) is 0.435. The second-order valence-corrected chi connectivity index (χ2v) is 9.15. The van der Waals surface area contributed by atoms with Gasteiger partial charge in [0.1, 0.15) is 5.69 Å². The molecule has 4 rings (SSSR count). The molecule has 2 heterocycles. The van der Waals surface area contributed by atoms with E-state index < -0.39 is 11.7 Å². The van der Waals surface area contributed by atoms with Crippen molar-refractivity contribution >= 4 is 22.9 Å². The molecule has 0 radical (unpaired) electrons. The molecule has 0 unspecified atom stereocenters. The van der Waals surface area contributed by atoms with E-state index in [0.29, 0.717) is 28.4 Å². The van der Waals surface area contributed by atoms with Crippen molar-refractivity contribution in [2.24, 2.45) is 0 Å². The first kappa shape index (κ1) is 23.4. The van der Waals surface area contributed by atoms with Gasteiger partial charge >= 0.3 is 6.18 Å². The van der Waals surface area contributed by atoms with Crippen LogP contribution in [0.15, 0.2) is 53.9 Å². The van der Waals surface area contributed by atoms with Crippen molar-refractivity contribution in [3.05, 3.63) is 70.2 Å². The Balaban J connectivity index is 1.49. The number of alkyl halides is 3. The first-order chi connectivity index (χ1) is 15.8. The number of para-hydroxylation sites is 1. The summed E-state index contributed by atoms with van der Waals surface area (Å²) in [5.74, 6) is 0.00222. The predicted octanol–water partition coefficient (Wildman–Crippen LogP) is 6.67. The van der Waals surface area contributed by atoms with Crippen LogP contribution < -0.4 is 5.32 Å². The maximum atomic E-state index is 13.2. The third-order valence-electron chi connectivity index (χ3n) is 5.91. The van der Waals surface area contributed by atoms with Crippen LogP contribution in [0.5, 0.6) is 0 Å². The molecule has 1 aliphatic rings. The number of hydrogen-bond donors (Lipinski definition) is 1. The van der Waals surface area contributed by atoms with Gasteiger partial charge in [0.15, 0.2) is 0 Å². The molecule has 8 heteroatoms. The zero-order valence-electron chi connectivity index (χ0n) is 18.4. The lowest BCUT2D eigenvalue weighted by Gasteiger charge is -2.30. The van der Waals surface area contributed by atoms with Crippen molar-refractivity contribution in [3.63, 3.8) is 0 Å². The molecule has 0 atom stereocenters. The highest BCUT2D eigenvalue weighted by atomic mass is 32.1. The number of hydrogen-bond acceptors (Lipinski definition) is 4. The van der Waals surface area contributed by atoms with E-state index in [-0.39, 0.29) is 5.91 Å². The Kier molecular flexibility index (Phi) is 7.14. The number of nitrogens with zero attached hydrogens (tertiary/aromatic N) is 2. The monoisotopic (exact) mass is 473 g/mol. The summed E-state index contributed by atoms with van der Waals surface area (Å²) in [7, 11) is 0. The summed E-state index contributed by atoms with van der Waals surface area (Å²) in [6.07, 6.45) is -1.22. The standard InChI is InChI=1S/C25H26F3N3OS/c1-2-12-31-13-10-17(11-14-31)24-30-22(16-33-24)23(32)29-21-9-4-3-8-20(21)18-6-5-7-19(15-18)25(26,27)28/h3-9,15-17H,2,10-14H2,1H3,(H,29,32). The third-order valence-corrected chi connectivity index (χ3v) is 6.91. The lowest BCUT2D eigenvalue weighted by Crippen LogP contribution is -2.33. The van der Waals surface area contributed by atoms with Crippen LogP contribution in [-0.2, 0) is 6.18 Å². The molecule has 1 fully saturated rings. The maximum Gasteiger partial charge on any atom is 0.416 e. The molecule has 4 nitrogen and oxygen atoms in total. The Labute approximate surface area is 195 Å². The minimum atomic E-state index is -4.43. The van der Waals surface area contributed by atoms with Gasteiger partial charge in [-0.1, -0.05) is 37.3 Å². The van der Waals surface area contributed by atoms with E-state index in [2.05, 4.69) is 22.1 Å². The number of carbonyl (C=O) groups is 1. The number of rotatable bonds is 6. The number of halogens is 3. The zero-order chi connectivity index (χ0) is 23.4. The minimum Gasteiger partial charge on any atom is -0.320 e. The maximum absolute atomic E-state index is 13.2. The number of amides is 1. The fourth-order valence-corrected chi connectivity index (χ4v) is 5.16. The Morgan fingerprint density at radius 2 is 1.91 bits per heavy atom. The summed E-state index contributed by atoms with van der Waals surface area (Å²) in [5.41, 5.74) is 0.971. The summed E-state index contributed by atoms with van der Waals surface area (Å²) < 4.78 is 39.5. The molecule has 33 heavy (non-hydrogen) atoms. The highest BCUT2D eigenvalue weighted by molar-refractivity contribution is 7.10. The van der Waals surface area contributed by atoms with Crippen LogP contribution in [0, 0.1) is 0 Å². The van der Waals surface area contributed by atoms with E-state index in [0.717, 1.165) is 56.0 Å². The fourth-order valence-electron chi connectivity index (χ4n) is 4.19. The van der Waals surface area contributed by atoms with E-state index in [1.807, 2.05) is 0 Å². The fraction of sp³-hybridized carbons (Fsp3) is 0.360. The van der Waals surface area contributed by atoms with Crippen LogP contribution in [0.4, 0.5) is 18.9 Å². The zero-order valence-corrected chi connectivity index (χ0v) is 19.2. The molecule has 1 N–H and O–H groups in total. The Hall–Kier alpha value is -2.71. The van der Waals surface area contributed by atoms with Crippen LogP contribution in [0.3, 0.4) is 0 Å². The molecule has 0 saturated carbocycles. The van der Waals surface area contributed by atoms with Gasteiger partial charge in [-0.15, -0.1) is 11.3 Å². The molecule has 3 aromatic rings. The number of anilines is 1. The third kappa shape index (κ3) is 5.62. The van der Waals surface area contributed by atoms with Crippen molar-refractivity contribution in [1.82, 2.24) is 9.88 Å². The second kappa shape index (κ2) is 10.1. The summed E-state index contributed by atoms with van der Waals surface area (Å²) >= 11 is 1.50. The molecule has 1 aliphatic heterocycles. The summed E-state index contributed by atoms with van der Waals surface area (Å²) in [6, 6.07) is 12.0. The van der Waals surface area contributed by atoms with Crippen LogP contribution in [0.25, 0.3) is 11.1 Å². The van der Waals surface area contributed by atoms with Crippen molar-refractivity contribution in [1.29, 1.82) is 0 Å². The number of carbonyl (C=O) groups excluding carboxylic acids is 1. The van der Waals surface area contributed by atoms with Crippen LogP contribution in [-0.4, -0.2) is 35.4 Å². The summed E-state index contributed by atoms with van der Waals surface area (Å²) in [6.45, 7) is 5.39. The largest absolute Gasteiger partial charge is 0.416 e. The van der Waals surface area contributed by atoms with E-state index in [4.69, 9.17) is 0 Å². The van der Waals surface area contributed by atoms with Crippen LogP contribution in [0.2, 0.25) is 0 Å². The van der Waals surface area contributed by atoms with E-state index in [1.165, 1.54) is 17.4 Å². The molecule has 1 aromatic heterocycles. The Morgan fingerprint density at radius 3 is 2.64 bits per heavy atom. The molecule has 0 spiro atoms. The van der Waals surface area contributed by atoms with Gasteiger partial charge in [-0.2, -0.15) is 13.2 Å². The molecular formula is C25H26F3N3OS. The normalized spacial score (nSPS) is 15.5. The number of aromatic nitrogens is 1. The smallest absolute Gasteiger partial charge is 0.320 e. The summed E-state index contributed by atoms with van der Waals surface area (Å²) in [4.78, 5) is 20.0. The number of benzene rings is 2. The van der Waals surface area contributed by atoms with Gasteiger partial charge in [-0.3, -0.25) is 4.79 Å². The Bertz CT molecular complexity index is 1100. The number of thiazole rings is 1. The number of likely N-dealkylation sites (tertiary alicyclic amines) is 1. The van der Waals surface area contributed by atoms with Gasteiger partial charge in [-0.05, 0) is 62.7 Å². The minimum absolute atomic E-state index is 0.338. The molecule has 1 amide bonds. The summed E-state index contributed by atoms with van der Waals surface area (Å²) in [5, 5.41) is 5.57. The van der Waals surface area contributed by atoms with Crippen molar-refractivity contribution in [2.75, 3.05) is 25.0 Å². The molecule has 0 bridgehead atoms. The van der Waals surface area contributed by atoms with Gasteiger partial charge in [0.05, 0.1) is 10.6 Å². The second-order valence-electron chi connectivity index (χ2n) is 8.27. The molecule has 2 aromatic carbocycles.